The highest BCUT2D eigenvalue weighted by Gasteiger charge is 2.09. The van der Waals surface area contributed by atoms with Crippen LogP contribution < -0.4 is 5.32 Å². The van der Waals surface area contributed by atoms with Crippen molar-refractivity contribution < 1.29 is 9.53 Å². The van der Waals surface area contributed by atoms with E-state index in [-0.39, 0.29) is 12.0 Å². The van der Waals surface area contributed by atoms with Gasteiger partial charge >= 0.3 is 0 Å². The first-order valence-electron chi connectivity index (χ1n) is 5.85. The van der Waals surface area contributed by atoms with Gasteiger partial charge in [0.15, 0.2) is 0 Å². The van der Waals surface area contributed by atoms with E-state index in [1.807, 2.05) is 13.8 Å². The molecule has 0 aliphatic carbocycles. The minimum Gasteiger partial charge on any atom is -0.379 e. The number of rotatable bonds is 6. The second-order valence-electron chi connectivity index (χ2n) is 4.15. The first-order chi connectivity index (χ1) is 8.50. The normalized spacial score (nSPS) is 10.7. The van der Waals surface area contributed by atoms with E-state index in [0.29, 0.717) is 23.7 Å². The number of hydrogen-bond donors (Lipinski definition) is 1. The lowest BCUT2D eigenvalue weighted by atomic mass is 10.2. The summed E-state index contributed by atoms with van der Waals surface area (Å²) in [4.78, 5) is 11.9. The Morgan fingerprint density at radius 2 is 2.22 bits per heavy atom. The second-order valence-corrected chi connectivity index (χ2v) is 5.48. The van der Waals surface area contributed by atoms with Gasteiger partial charge in [0.2, 0.25) is 0 Å². The third-order valence-corrected chi connectivity index (χ3v) is 3.05. The molecular weight excluding hydrogens is 318 g/mol. The van der Waals surface area contributed by atoms with Gasteiger partial charge in [-0.1, -0.05) is 27.5 Å². The lowest BCUT2D eigenvalue weighted by molar-refractivity contribution is 0.0757. The molecule has 0 heterocycles. The van der Waals surface area contributed by atoms with Gasteiger partial charge in [0.1, 0.15) is 0 Å². The van der Waals surface area contributed by atoms with Crippen LogP contribution in [0.4, 0.5) is 0 Å². The lowest BCUT2D eigenvalue weighted by Crippen LogP contribution is -2.25. The number of carbonyl (C=O) groups excluding carboxylic acids is 1. The number of carbonyl (C=O) groups is 1. The van der Waals surface area contributed by atoms with Crippen LogP contribution in [0.15, 0.2) is 22.7 Å². The zero-order valence-electron chi connectivity index (χ0n) is 10.5. The van der Waals surface area contributed by atoms with Gasteiger partial charge in [-0.15, -0.1) is 0 Å². The van der Waals surface area contributed by atoms with E-state index in [0.717, 1.165) is 10.9 Å². The summed E-state index contributed by atoms with van der Waals surface area (Å²) < 4.78 is 6.22. The van der Waals surface area contributed by atoms with E-state index >= 15 is 0 Å². The first kappa shape index (κ1) is 15.5. The van der Waals surface area contributed by atoms with Gasteiger partial charge < -0.3 is 10.1 Å². The smallest absolute Gasteiger partial charge is 0.252 e. The Morgan fingerprint density at radius 3 is 2.89 bits per heavy atom. The Labute approximate surface area is 121 Å². The van der Waals surface area contributed by atoms with Crippen LogP contribution in [0.3, 0.4) is 0 Å². The van der Waals surface area contributed by atoms with Crippen molar-refractivity contribution in [1.82, 2.24) is 5.32 Å². The molecule has 0 aliphatic heterocycles. The fraction of sp³-hybridized carbons (Fsp3) is 0.462. The van der Waals surface area contributed by atoms with Crippen LogP contribution in [-0.2, 0) is 4.74 Å². The number of amides is 1. The molecule has 0 unspecified atom stereocenters. The highest BCUT2D eigenvalue weighted by atomic mass is 79.9. The molecule has 3 nitrogen and oxygen atoms in total. The molecule has 18 heavy (non-hydrogen) atoms. The lowest BCUT2D eigenvalue weighted by Gasteiger charge is -2.09. The van der Waals surface area contributed by atoms with Crippen molar-refractivity contribution in [2.45, 2.75) is 26.4 Å². The summed E-state index contributed by atoms with van der Waals surface area (Å²) in [7, 11) is 0. The Hall–Kier alpha value is -0.580. The summed E-state index contributed by atoms with van der Waals surface area (Å²) in [5.74, 6) is -0.161. The third-order valence-electron chi connectivity index (χ3n) is 2.23. The molecule has 1 aromatic rings. The van der Waals surface area contributed by atoms with Gasteiger partial charge in [0.25, 0.3) is 5.91 Å². The SMILES string of the molecule is CC(C)OCCCNC(=O)c1cc(Br)ccc1Cl. The van der Waals surface area contributed by atoms with Gasteiger partial charge in [0.05, 0.1) is 16.7 Å². The zero-order valence-corrected chi connectivity index (χ0v) is 12.8. The van der Waals surface area contributed by atoms with Gasteiger partial charge in [-0.05, 0) is 38.5 Å². The van der Waals surface area contributed by atoms with E-state index < -0.39 is 0 Å². The summed E-state index contributed by atoms with van der Waals surface area (Å²) >= 11 is 9.28. The average Bonchev–Trinajstić information content (AvgIpc) is 2.31. The fourth-order valence-corrected chi connectivity index (χ4v) is 1.92. The molecule has 0 radical (unpaired) electrons. The molecule has 1 aromatic carbocycles. The predicted octanol–water partition coefficient (Wildman–Crippen LogP) is 3.65. The summed E-state index contributed by atoms with van der Waals surface area (Å²) in [5.41, 5.74) is 0.482. The second kappa shape index (κ2) is 7.77. The molecule has 5 heteroatoms. The topological polar surface area (TPSA) is 38.3 Å². The quantitative estimate of drug-likeness (QED) is 0.807. The summed E-state index contributed by atoms with van der Waals surface area (Å²) in [6, 6.07) is 5.21. The maximum Gasteiger partial charge on any atom is 0.252 e. The minimum atomic E-state index is -0.161. The van der Waals surface area contributed by atoms with E-state index in [2.05, 4.69) is 21.2 Å². The van der Waals surface area contributed by atoms with Crippen LogP contribution in [0.5, 0.6) is 0 Å². The van der Waals surface area contributed by atoms with Crippen LogP contribution in [-0.4, -0.2) is 25.2 Å². The monoisotopic (exact) mass is 333 g/mol. The van der Waals surface area contributed by atoms with Crippen LogP contribution >= 0.6 is 27.5 Å². The highest BCUT2D eigenvalue weighted by molar-refractivity contribution is 9.10. The van der Waals surface area contributed by atoms with Crippen molar-refractivity contribution in [1.29, 1.82) is 0 Å². The molecule has 1 rings (SSSR count). The Morgan fingerprint density at radius 1 is 1.50 bits per heavy atom. The molecule has 0 atom stereocenters. The number of nitrogens with one attached hydrogen (secondary N) is 1. The van der Waals surface area contributed by atoms with Gasteiger partial charge in [-0.2, -0.15) is 0 Å². The van der Waals surface area contributed by atoms with Gasteiger partial charge in [-0.25, -0.2) is 0 Å². The maximum absolute atomic E-state index is 11.9. The van der Waals surface area contributed by atoms with Crippen molar-refractivity contribution >= 4 is 33.4 Å². The van der Waals surface area contributed by atoms with Crippen LogP contribution in [0.2, 0.25) is 5.02 Å². The Bertz CT molecular complexity index is 410. The fourth-order valence-electron chi connectivity index (χ4n) is 1.36. The van der Waals surface area contributed by atoms with E-state index in [4.69, 9.17) is 16.3 Å². The van der Waals surface area contributed by atoms with Gasteiger partial charge in [-0.3, -0.25) is 4.79 Å². The molecule has 0 saturated carbocycles. The van der Waals surface area contributed by atoms with E-state index in [9.17, 15) is 4.79 Å². The number of ether oxygens (including phenoxy) is 1. The predicted molar refractivity (Wildman–Crippen MR) is 77.2 cm³/mol. The number of hydrogen-bond acceptors (Lipinski definition) is 2. The molecule has 0 aliphatic rings. The zero-order chi connectivity index (χ0) is 13.5. The first-order valence-corrected chi connectivity index (χ1v) is 7.02. The van der Waals surface area contributed by atoms with Crippen molar-refractivity contribution in [3.63, 3.8) is 0 Å². The molecule has 0 bridgehead atoms. The molecule has 0 aromatic heterocycles. The molecule has 0 fully saturated rings. The van der Waals surface area contributed by atoms with Crippen molar-refractivity contribution in [2.24, 2.45) is 0 Å². The maximum atomic E-state index is 11.9. The molecular formula is C13H17BrClNO2. The molecule has 100 valence electrons. The minimum absolute atomic E-state index is 0.161. The molecule has 0 saturated heterocycles. The van der Waals surface area contributed by atoms with Gasteiger partial charge in [0, 0.05) is 17.6 Å². The number of halogens is 2. The van der Waals surface area contributed by atoms with Crippen LogP contribution in [0, 0.1) is 0 Å². The molecule has 0 spiro atoms. The Kier molecular flexibility index (Phi) is 6.68. The van der Waals surface area contributed by atoms with Crippen molar-refractivity contribution in [3.8, 4) is 0 Å². The third kappa shape index (κ3) is 5.38. The van der Waals surface area contributed by atoms with Crippen molar-refractivity contribution in [3.05, 3.63) is 33.3 Å². The summed E-state index contributed by atoms with van der Waals surface area (Å²) in [6.45, 7) is 5.19. The highest BCUT2D eigenvalue weighted by Crippen LogP contribution is 2.20. The van der Waals surface area contributed by atoms with Crippen LogP contribution in [0.25, 0.3) is 0 Å². The standard InChI is InChI=1S/C13H17BrClNO2/c1-9(2)18-7-3-6-16-13(17)11-8-10(14)4-5-12(11)15/h4-5,8-9H,3,6-7H2,1-2H3,(H,16,17). The molecule has 1 amide bonds. The largest absolute Gasteiger partial charge is 0.379 e. The van der Waals surface area contributed by atoms with Crippen molar-refractivity contribution in [2.75, 3.05) is 13.2 Å². The molecule has 1 N–H and O–H groups in total. The van der Waals surface area contributed by atoms with Crippen LogP contribution in [0.1, 0.15) is 30.6 Å². The summed E-state index contributed by atoms with van der Waals surface area (Å²) in [5, 5.41) is 3.27. The average molecular weight is 335 g/mol. The Balaban J connectivity index is 2.39. The number of benzene rings is 1. The van der Waals surface area contributed by atoms with E-state index in [1.165, 1.54) is 0 Å². The summed E-state index contributed by atoms with van der Waals surface area (Å²) in [6.07, 6.45) is 1.01. The van der Waals surface area contributed by atoms with E-state index in [1.54, 1.807) is 18.2 Å².